The third-order valence-corrected chi connectivity index (χ3v) is 3.60. The minimum absolute atomic E-state index is 0.659. The van der Waals surface area contributed by atoms with E-state index >= 15 is 0 Å². The van der Waals surface area contributed by atoms with Gasteiger partial charge in [-0.15, -0.1) is 0 Å². The number of fused-ring (bicyclic) bond motifs is 2. The Balaban J connectivity index is 2.12. The van der Waals surface area contributed by atoms with Crippen LogP contribution in [-0.2, 0) is 0 Å². The number of hydrogen-bond donors (Lipinski definition) is 1. The van der Waals surface area contributed by atoms with Crippen LogP contribution in [0.1, 0.15) is 32.6 Å². The van der Waals surface area contributed by atoms with E-state index in [9.17, 15) is 0 Å². The lowest BCUT2D eigenvalue weighted by atomic mass is 9.74. The Bertz CT molecular complexity index is 150. The van der Waals surface area contributed by atoms with Gasteiger partial charge in [0.1, 0.15) is 0 Å². The standard InChI is InChI=1S/C10H17N/c1-7-4-8-2-3-9(5-7)10(8)6-11/h6-11H,2-5H2,1H3. The van der Waals surface area contributed by atoms with Gasteiger partial charge in [0.2, 0.25) is 0 Å². The molecule has 2 aliphatic rings. The lowest BCUT2D eigenvalue weighted by Crippen LogP contribution is -2.25. The highest BCUT2D eigenvalue weighted by atomic mass is 14.5. The first-order valence-electron chi connectivity index (χ1n) is 4.82. The first-order chi connectivity index (χ1) is 5.31. The van der Waals surface area contributed by atoms with Crippen molar-refractivity contribution >= 4 is 6.21 Å². The molecule has 0 aromatic rings. The van der Waals surface area contributed by atoms with Crippen LogP contribution in [0.15, 0.2) is 0 Å². The third kappa shape index (κ3) is 1.11. The first-order valence-corrected chi connectivity index (χ1v) is 4.82. The van der Waals surface area contributed by atoms with E-state index in [0.717, 1.165) is 17.8 Å². The predicted octanol–water partition coefficient (Wildman–Crippen LogP) is 2.71. The monoisotopic (exact) mass is 151 g/mol. The maximum atomic E-state index is 7.34. The van der Waals surface area contributed by atoms with Crippen LogP contribution < -0.4 is 0 Å². The predicted molar refractivity (Wildman–Crippen MR) is 46.9 cm³/mol. The molecule has 2 atom stereocenters. The summed E-state index contributed by atoms with van der Waals surface area (Å²) < 4.78 is 0. The van der Waals surface area contributed by atoms with E-state index in [2.05, 4.69) is 6.92 Å². The fraction of sp³-hybridized carbons (Fsp3) is 0.900. The molecular formula is C10H17N. The molecule has 0 aromatic carbocycles. The van der Waals surface area contributed by atoms with E-state index in [1.54, 1.807) is 6.21 Å². The molecule has 2 fully saturated rings. The number of rotatable bonds is 1. The highest BCUT2D eigenvalue weighted by Gasteiger charge is 2.39. The molecule has 0 amide bonds. The van der Waals surface area contributed by atoms with E-state index in [-0.39, 0.29) is 0 Å². The topological polar surface area (TPSA) is 23.9 Å². The molecule has 0 heterocycles. The zero-order valence-electron chi connectivity index (χ0n) is 7.22. The molecular weight excluding hydrogens is 134 g/mol. The molecule has 2 rings (SSSR count). The largest absolute Gasteiger partial charge is 0.313 e. The number of hydrogen-bond acceptors (Lipinski definition) is 1. The van der Waals surface area contributed by atoms with Gasteiger partial charge in [0.05, 0.1) is 0 Å². The smallest absolute Gasteiger partial charge is 0.000811 e. The Kier molecular flexibility index (Phi) is 1.74. The maximum Gasteiger partial charge on any atom is -0.000811 e. The van der Waals surface area contributed by atoms with Crippen LogP contribution in [0.5, 0.6) is 0 Å². The molecule has 0 aromatic heterocycles. The van der Waals surface area contributed by atoms with Crippen molar-refractivity contribution in [3.05, 3.63) is 0 Å². The van der Waals surface area contributed by atoms with Crippen LogP contribution in [0.2, 0.25) is 0 Å². The Morgan fingerprint density at radius 3 is 2.18 bits per heavy atom. The molecule has 11 heavy (non-hydrogen) atoms. The molecule has 0 saturated heterocycles. The summed E-state index contributed by atoms with van der Waals surface area (Å²) >= 11 is 0. The Labute approximate surface area is 68.7 Å². The van der Waals surface area contributed by atoms with Gasteiger partial charge in [-0.3, -0.25) is 0 Å². The molecule has 2 saturated carbocycles. The summed E-state index contributed by atoms with van der Waals surface area (Å²) in [4.78, 5) is 0. The van der Waals surface area contributed by atoms with Crippen molar-refractivity contribution in [2.24, 2.45) is 23.7 Å². The van der Waals surface area contributed by atoms with Crippen molar-refractivity contribution in [3.8, 4) is 0 Å². The SMILES string of the molecule is CC1CC2CCC(C1)C2C=N. The van der Waals surface area contributed by atoms with Crippen LogP contribution >= 0.6 is 0 Å². The van der Waals surface area contributed by atoms with Crippen molar-refractivity contribution in [3.63, 3.8) is 0 Å². The van der Waals surface area contributed by atoms with Gasteiger partial charge in [0, 0.05) is 0 Å². The minimum Gasteiger partial charge on any atom is -0.313 e. The fourth-order valence-corrected chi connectivity index (χ4v) is 3.15. The van der Waals surface area contributed by atoms with Crippen LogP contribution in [0.3, 0.4) is 0 Å². The van der Waals surface area contributed by atoms with Crippen molar-refractivity contribution in [1.82, 2.24) is 0 Å². The summed E-state index contributed by atoms with van der Waals surface area (Å²) in [7, 11) is 0. The maximum absolute atomic E-state index is 7.34. The molecule has 1 N–H and O–H groups in total. The van der Waals surface area contributed by atoms with E-state index in [0.29, 0.717) is 5.92 Å². The fourth-order valence-electron chi connectivity index (χ4n) is 3.15. The summed E-state index contributed by atoms with van der Waals surface area (Å²) in [5, 5.41) is 7.34. The molecule has 1 heteroatoms. The van der Waals surface area contributed by atoms with Gasteiger partial charge in [-0.1, -0.05) is 6.92 Å². The highest BCUT2D eigenvalue weighted by molar-refractivity contribution is 5.58. The van der Waals surface area contributed by atoms with Crippen molar-refractivity contribution in [1.29, 1.82) is 5.41 Å². The zero-order valence-corrected chi connectivity index (χ0v) is 7.22. The molecule has 2 bridgehead atoms. The summed E-state index contributed by atoms with van der Waals surface area (Å²) in [5.41, 5.74) is 0. The van der Waals surface area contributed by atoms with Crippen LogP contribution in [-0.4, -0.2) is 6.21 Å². The van der Waals surface area contributed by atoms with E-state index in [4.69, 9.17) is 5.41 Å². The molecule has 0 spiro atoms. The van der Waals surface area contributed by atoms with Gasteiger partial charge < -0.3 is 5.41 Å². The molecule has 2 aliphatic carbocycles. The lowest BCUT2D eigenvalue weighted by molar-refractivity contribution is 0.234. The minimum atomic E-state index is 0.659. The van der Waals surface area contributed by atoms with Crippen LogP contribution in [0.4, 0.5) is 0 Å². The lowest BCUT2D eigenvalue weighted by Gasteiger charge is -2.30. The number of nitrogens with one attached hydrogen (secondary N) is 1. The molecule has 2 unspecified atom stereocenters. The molecule has 1 nitrogen and oxygen atoms in total. The second-order valence-electron chi connectivity index (χ2n) is 4.42. The van der Waals surface area contributed by atoms with E-state index < -0.39 is 0 Å². The van der Waals surface area contributed by atoms with Crippen molar-refractivity contribution < 1.29 is 0 Å². The summed E-state index contributed by atoms with van der Waals surface area (Å²) in [5.74, 6) is 3.34. The molecule has 0 aliphatic heterocycles. The van der Waals surface area contributed by atoms with Gasteiger partial charge in [-0.05, 0) is 55.6 Å². The van der Waals surface area contributed by atoms with Crippen LogP contribution in [0, 0.1) is 29.1 Å². The van der Waals surface area contributed by atoms with Crippen molar-refractivity contribution in [2.75, 3.05) is 0 Å². The summed E-state index contributed by atoms with van der Waals surface area (Å²) in [6.07, 6.45) is 7.28. The third-order valence-electron chi connectivity index (χ3n) is 3.60. The normalized spacial score (nSPS) is 49.2. The summed E-state index contributed by atoms with van der Waals surface area (Å²) in [6.45, 7) is 2.37. The Morgan fingerprint density at radius 1 is 1.18 bits per heavy atom. The van der Waals surface area contributed by atoms with Crippen LogP contribution in [0.25, 0.3) is 0 Å². The molecule has 62 valence electrons. The highest BCUT2D eigenvalue weighted by Crippen LogP contribution is 2.47. The van der Waals surface area contributed by atoms with Gasteiger partial charge in [-0.25, -0.2) is 0 Å². The van der Waals surface area contributed by atoms with Gasteiger partial charge in [-0.2, -0.15) is 0 Å². The molecule has 0 radical (unpaired) electrons. The van der Waals surface area contributed by atoms with Gasteiger partial charge in [0.15, 0.2) is 0 Å². The Hall–Kier alpha value is -0.330. The van der Waals surface area contributed by atoms with E-state index in [1.807, 2.05) is 0 Å². The zero-order chi connectivity index (χ0) is 7.84. The summed E-state index contributed by atoms with van der Waals surface area (Å²) in [6, 6.07) is 0. The van der Waals surface area contributed by atoms with Gasteiger partial charge in [0.25, 0.3) is 0 Å². The Morgan fingerprint density at radius 2 is 1.73 bits per heavy atom. The quantitative estimate of drug-likeness (QED) is 0.557. The first kappa shape index (κ1) is 7.33. The van der Waals surface area contributed by atoms with Gasteiger partial charge >= 0.3 is 0 Å². The second-order valence-corrected chi connectivity index (χ2v) is 4.42. The average molecular weight is 151 g/mol. The van der Waals surface area contributed by atoms with Crippen molar-refractivity contribution in [2.45, 2.75) is 32.6 Å². The average Bonchev–Trinajstić information content (AvgIpc) is 2.23. The second kappa shape index (κ2) is 2.62. The van der Waals surface area contributed by atoms with E-state index in [1.165, 1.54) is 25.7 Å².